The average Bonchev–Trinajstić information content (AvgIpc) is 3.01. The van der Waals surface area contributed by atoms with Gasteiger partial charge in [0.2, 0.25) is 0 Å². The largest absolute Gasteiger partial charge is 0.497 e. The van der Waals surface area contributed by atoms with Crippen LogP contribution in [-0.4, -0.2) is 45.4 Å². The summed E-state index contributed by atoms with van der Waals surface area (Å²) in [5.74, 6) is -1.20. The van der Waals surface area contributed by atoms with E-state index in [1.165, 1.54) is 14.0 Å². The summed E-state index contributed by atoms with van der Waals surface area (Å²) in [6.07, 6.45) is 0.579. The first-order valence-corrected chi connectivity index (χ1v) is 10.2. The molecule has 10 heteroatoms. The van der Waals surface area contributed by atoms with Crippen LogP contribution >= 0.6 is 24.0 Å². The highest BCUT2D eigenvalue weighted by molar-refractivity contribution is 8.26. The molecular weight excluding hydrogens is 440 g/mol. The highest BCUT2D eigenvalue weighted by atomic mass is 32.2. The molecule has 1 unspecified atom stereocenters. The maximum atomic E-state index is 12.8. The third kappa shape index (κ3) is 5.41. The van der Waals surface area contributed by atoms with Crippen molar-refractivity contribution in [2.45, 2.75) is 13.0 Å². The molecule has 2 aromatic carbocycles. The summed E-state index contributed by atoms with van der Waals surface area (Å²) >= 11 is 6.28. The molecule has 1 fully saturated rings. The number of hydrazine groups is 1. The van der Waals surface area contributed by atoms with E-state index in [2.05, 4.69) is 5.43 Å². The minimum Gasteiger partial charge on any atom is -0.497 e. The van der Waals surface area contributed by atoms with Crippen molar-refractivity contribution in [1.29, 1.82) is 0 Å². The van der Waals surface area contributed by atoms with E-state index in [-0.39, 0.29) is 4.32 Å². The molecule has 2 amide bonds. The third-order valence-corrected chi connectivity index (χ3v) is 5.46. The summed E-state index contributed by atoms with van der Waals surface area (Å²) in [5, 5.41) is 9.99. The molecule has 2 aromatic rings. The van der Waals surface area contributed by atoms with Crippen LogP contribution in [0.25, 0.3) is 6.08 Å². The van der Waals surface area contributed by atoms with Crippen LogP contribution in [0.1, 0.15) is 22.8 Å². The van der Waals surface area contributed by atoms with E-state index in [0.29, 0.717) is 27.5 Å². The van der Waals surface area contributed by atoms with Crippen molar-refractivity contribution >= 4 is 52.2 Å². The van der Waals surface area contributed by atoms with Gasteiger partial charge in [0.05, 0.1) is 12.0 Å². The standard InChI is InChI=1S/C21H18N2O6S2/c1-12(20(26)27)29-16-8-3-5-13(9-16)10-17-19(25)23(21(30)31-17)22-18(24)14-6-4-7-15(11-14)28-2/h3-12H,1-2H3,(H,22,24)(H,26,27)/b17-10+. The summed E-state index contributed by atoms with van der Waals surface area (Å²) in [7, 11) is 1.49. The molecule has 1 atom stereocenters. The Balaban J connectivity index is 1.74. The van der Waals surface area contributed by atoms with Gasteiger partial charge in [-0.2, -0.15) is 5.01 Å². The van der Waals surface area contributed by atoms with Gasteiger partial charge in [0, 0.05) is 5.56 Å². The molecule has 8 nitrogen and oxygen atoms in total. The van der Waals surface area contributed by atoms with Crippen molar-refractivity contribution in [3.05, 3.63) is 64.6 Å². The number of ether oxygens (including phenoxy) is 2. The Morgan fingerprint density at radius 3 is 2.61 bits per heavy atom. The average molecular weight is 459 g/mol. The molecular formula is C21H18N2O6S2. The molecule has 0 saturated carbocycles. The van der Waals surface area contributed by atoms with Crippen molar-refractivity contribution in [3.8, 4) is 11.5 Å². The summed E-state index contributed by atoms with van der Waals surface area (Å²) in [4.78, 5) is 36.5. The number of nitrogens with zero attached hydrogens (tertiary/aromatic N) is 1. The number of aliphatic carboxylic acids is 1. The fourth-order valence-electron chi connectivity index (χ4n) is 2.58. The van der Waals surface area contributed by atoms with Gasteiger partial charge in [-0.1, -0.05) is 30.0 Å². The van der Waals surface area contributed by atoms with Crippen molar-refractivity contribution < 1.29 is 29.0 Å². The molecule has 0 bridgehead atoms. The molecule has 1 saturated heterocycles. The van der Waals surface area contributed by atoms with Crippen LogP contribution < -0.4 is 14.9 Å². The van der Waals surface area contributed by atoms with Crippen LogP contribution in [0, 0.1) is 0 Å². The normalized spacial score (nSPS) is 15.7. The number of rotatable bonds is 7. The van der Waals surface area contributed by atoms with Crippen molar-refractivity contribution in [1.82, 2.24) is 10.4 Å². The Morgan fingerprint density at radius 1 is 1.19 bits per heavy atom. The molecule has 0 aliphatic carbocycles. The van der Waals surface area contributed by atoms with Gasteiger partial charge in [0.1, 0.15) is 11.5 Å². The zero-order chi connectivity index (χ0) is 22.5. The van der Waals surface area contributed by atoms with Gasteiger partial charge >= 0.3 is 5.97 Å². The maximum Gasteiger partial charge on any atom is 0.344 e. The number of thioether (sulfide) groups is 1. The lowest BCUT2D eigenvalue weighted by Gasteiger charge is -2.15. The van der Waals surface area contributed by atoms with Crippen LogP contribution in [0.15, 0.2) is 53.4 Å². The van der Waals surface area contributed by atoms with E-state index < -0.39 is 23.9 Å². The number of carboxylic acids is 1. The zero-order valence-electron chi connectivity index (χ0n) is 16.5. The number of thiocarbonyl (C=S) groups is 1. The lowest BCUT2D eigenvalue weighted by atomic mass is 10.2. The van der Waals surface area contributed by atoms with Gasteiger partial charge in [-0.15, -0.1) is 0 Å². The molecule has 1 heterocycles. The fraction of sp³-hybridized carbons (Fsp3) is 0.143. The zero-order valence-corrected chi connectivity index (χ0v) is 18.2. The van der Waals surface area contributed by atoms with Crippen LogP contribution in [0.5, 0.6) is 11.5 Å². The van der Waals surface area contributed by atoms with Gasteiger partial charge in [0.25, 0.3) is 11.8 Å². The number of benzene rings is 2. The monoisotopic (exact) mass is 458 g/mol. The molecule has 2 N–H and O–H groups in total. The highest BCUT2D eigenvalue weighted by Crippen LogP contribution is 2.32. The number of nitrogens with one attached hydrogen (secondary N) is 1. The second kappa shape index (κ2) is 9.63. The first-order chi connectivity index (χ1) is 14.8. The Morgan fingerprint density at radius 2 is 1.90 bits per heavy atom. The summed E-state index contributed by atoms with van der Waals surface area (Å²) in [6, 6.07) is 13.2. The van der Waals surface area contributed by atoms with Gasteiger partial charge in [0.15, 0.2) is 10.4 Å². The number of amides is 2. The lowest BCUT2D eigenvalue weighted by Crippen LogP contribution is -2.44. The Hall–Kier alpha value is -3.37. The quantitative estimate of drug-likeness (QED) is 0.482. The summed E-state index contributed by atoms with van der Waals surface area (Å²) < 4.78 is 10.6. The van der Waals surface area contributed by atoms with E-state index in [1.54, 1.807) is 54.6 Å². The molecule has 3 rings (SSSR count). The van der Waals surface area contributed by atoms with Gasteiger partial charge in [-0.25, -0.2) is 4.79 Å². The molecule has 160 valence electrons. The predicted molar refractivity (Wildman–Crippen MR) is 120 cm³/mol. The third-order valence-electron chi connectivity index (χ3n) is 4.16. The SMILES string of the molecule is COc1cccc(C(=O)NN2C(=O)/C(=C\c3cccc(OC(C)C(=O)O)c3)SC2=S)c1. The minimum atomic E-state index is -1.09. The molecule has 31 heavy (non-hydrogen) atoms. The smallest absolute Gasteiger partial charge is 0.344 e. The number of carbonyl (C=O) groups is 3. The number of carboxylic acid groups (broad SMARTS) is 1. The molecule has 1 aliphatic rings. The van der Waals surface area contributed by atoms with E-state index in [9.17, 15) is 14.4 Å². The van der Waals surface area contributed by atoms with E-state index in [0.717, 1.165) is 16.8 Å². The van der Waals surface area contributed by atoms with Gasteiger partial charge in [-0.05, 0) is 61.1 Å². The Labute approximate surface area is 187 Å². The number of hydrogen-bond donors (Lipinski definition) is 2. The molecule has 0 aromatic heterocycles. The predicted octanol–water partition coefficient (Wildman–Crippen LogP) is 3.09. The molecule has 0 spiro atoms. The van der Waals surface area contributed by atoms with Crippen LogP contribution in [0.3, 0.4) is 0 Å². The number of methoxy groups -OCH3 is 1. The van der Waals surface area contributed by atoms with Crippen LogP contribution in [-0.2, 0) is 9.59 Å². The molecule has 0 radical (unpaired) electrons. The van der Waals surface area contributed by atoms with Crippen molar-refractivity contribution in [2.24, 2.45) is 0 Å². The van der Waals surface area contributed by atoms with Gasteiger partial charge in [-0.3, -0.25) is 15.0 Å². The van der Waals surface area contributed by atoms with E-state index in [4.69, 9.17) is 26.8 Å². The summed E-state index contributed by atoms with van der Waals surface area (Å²) in [5.41, 5.74) is 3.44. The molecule has 1 aliphatic heterocycles. The Kier molecular flexibility index (Phi) is 6.93. The number of carbonyl (C=O) groups excluding carboxylic acids is 2. The van der Waals surface area contributed by atoms with E-state index in [1.807, 2.05) is 0 Å². The maximum absolute atomic E-state index is 12.8. The summed E-state index contributed by atoms with van der Waals surface area (Å²) in [6.45, 7) is 1.42. The first kappa shape index (κ1) is 22.3. The Bertz CT molecular complexity index is 1090. The van der Waals surface area contributed by atoms with Crippen LogP contribution in [0.2, 0.25) is 0 Å². The lowest BCUT2D eigenvalue weighted by molar-refractivity contribution is -0.144. The van der Waals surface area contributed by atoms with Crippen LogP contribution in [0.4, 0.5) is 0 Å². The topological polar surface area (TPSA) is 105 Å². The minimum absolute atomic E-state index is 0.180. The van der Waals surface area contributed by atoms with E-state index >= 15 is 0 Å². The van der Waals surface area contributed by atoms with Gasteiger partial charge < -0.3 is 14.6 Å². The first-order valence-electron chi connectivity index (χ1n) is 9.01. The fourth-order valence-corrected chi connectivity index (χ4v) is 3.76. The van der Waals surface area contributed by atoms with Crippen molar-refractivity contribution in [2.75, 3.05) is 7.11 Å². The second-order valence-electron chi connectivity index (χ2n) is 6.36. The highest BCUT2D eigenvalue weighted by Gasteiger charge is 2.33. The van der Waals surface area contributed by atoms with Crippen molar-refractivity contribution in [3.63, 3.8) is 0 Å². The number of hydrogen-bond acceptors (Lipinski definition) is 7. The second-order valence-corrected chi connectivity index (χ2v) is 8.04.